The Hall–Kier alpha value is -2.10. The number of carbonyl (C=O) groups excluding carboxylic acids is 1. The molecule has 2 rings (SSSR count). The van der Waals surface area contributed by atoms with E-state index in [1.165, 1.54) is 0 Å². The second-order valence-corrected chi connectivity index (χ2v) is 5.84. The number of nitrogens with one attached hydrogen (secondary N) is 2. The van der Waals surface area contributed by atoms with Crippen LogP contribution >= 0.6 is 0 Å². The van der Waals surface area contributed by atoms with Crippen LogP contribution in [0, 0.1) is 5.41 Å². The molecule has 1 aromatic heterocycles. The molecule has 0 atom stereocenters. The van der Waals surface area contributed by atoms with Gasteiger partial charge in [-0.1, -0.05) is 39.0 Å². The molecule has 0 aliphatic carbocycles. The molecule has 0 bridgehead atoms. The van der Waals surface area contributed by atoms with Crippen LogP contribution in [0.2, 0.25) is 0 Å². The Bertz CT molecular complexity index is 666. The van der Waals surface area contributed by atoms with E-state index in [4.69, 9.17) is 0 Å². The number of rotatable bonds is 2. The van der Waals surface area contributed by atoms with E-state index in [0.717, 1.165) is 5.39 Å². The van der Waals surface area contributed by atoms with Gasteiger partial charge >= 0.3 is 0 Å². The lowest BCUT2D eigenvalue weighted by atomic mass is 9.97. The van der Waals surface area contributed by atoms with E-state index in [1.54, 1.807) is 18.2 Å². The van der Waals surface area contributed by atoms with E-state index >= 15 is 0 Å². The first-order valence-electron chi connectivity index (χ1n) is 6.27. The summed E-state index contributed by atoms with van der Waals surface area (Å²) in [6, 6.07) is 8.92. The van der Waals surface area contributed by atoms with Crippen molar-refractivity contribution in [2.24, 2.45) is 5.41 Å². The Labute approximate surface area is 111 Å². The third-order valence-electron chi connectivity index (χ3n) is 2.78. The first-order chi connectivity index (χ1) is 8.87. The fourth-order valence-corrected chi connectivity index (χ4v) is 1.77. The third-order valence-corrected chi connectivity index (χ3v) is 2.78. The number of fused-ring (bicyclic) bond motifs is 1. The topological polar surface area (TPSA) is 62.0 Å². The van der Waals surface area contributed by atoms with Crippen molar-refractivity contribution in [2.45, 2.75) is 20.8 Å². The Morgan fingerprint density at radius 3 is 2.63 bits per heavy atom. The maximum atomic E-state index is 12.0. The van der Waals surface area contributed by atoms with Crippen LogP contribution < -0.4 is 10.9 Å². The smallest absolute Gasteiger partial charge is 0.267 e. The van der Waals surface area contributed by atoms with Gasteiger partial charge in [-0.15, -0.1) is 0 Å². The summed E-state index contributed by atoms with van der Waals surface area (Å²) in [5, 5.41) is 4.18. The first kappa shape index (κ1) is 13.3. The van der Waals surface area contributed by atoms with Gasteiger partial charge in [0, 0.05) is 11.9 Å². The summed E-state index contributed by atoms with van der Waals surface area (Å²) in [5.41, 5.74) is 0.0687. The van der Waals surface area contributed by atoms with Crippen LogP contribution in [0.25, 0.3) is 10.8 Å². The maximum absolute atomic E-state index is 12.0. The van der Waals surface area contributed by atoms with Crippen molar-refractivity contribution in [2.75, 3.05) is 6.54 Å². The zero-order chi connectivity index (χ0) is 14.0. The molecule has 0 spiro atoms. The van der Waals surface area contributed by atoms with Gasteiger partial charge in [0.05, 0.1) is 0 Å². The second kappa shape index (κ2) is 4.88. The molecule has 0 unspecified atom stereocenters. The predicted molar refractivity (Wildman–Crippen MR) is 76.4 cm³/mol. The minimum atomic E-state index is -0.252. The van der Waals surface area contributed by atoms with Crippen LogP contribution in [0.15, 0.2) is 35.1 Å². The minimum absolute atomic E-state index is 0.00675. The van der Waals surface area contributed by atoms with E-state index in [9.17, 15) is 9.59 Å². The van der Waals surface area contributed by atoms with E-state index in [0.29, 0.717) is 17.6 Å². The summed E-state index contributed by atoms with van der Waals surface area (Å²) >= 11 is 0. The van der Waals surface area contributed by atoms with Gasteiger partial charge in [0.2, 0.25) is 0 Å². The number of aromatic amines is 1. The normalized spacial score (nSPS) is 11.5. The van der Waals surface area contributed by atoms with E-state index < -0.39 is 0 Å². The summed E-state index contributed by atoms with van der Waals surface area (Å²) < 4.78 is 0. The second-order valence-electron chi connectivity index (χ2n) is 5.84. The molecule has 2 aromatic rings. The van der Waals surface area contributed by atoms with Crippen molar-refractivity contribution in [3.8, 4) is 0 Å². The molecule has 0 radical (unpaired) electrons. The fraction of sp³-hybridized carbons (Fsp3) is 0.333. The summed E-state index contributed by atoms with van der Waals surface area (Å²) in [6.07, 6.45) is 0. The van der Waals surface area contributed by atoms with Gasteiger partial charge in [0.15, 0.2) is 0 Å². The molecule has 100 valence electrons. The van der Waals surface area contributed by atoms with Crippen molar-refractivity contribution in [1.82, 2.24) is 10.3 Å². The molecule has 1 amide bonds. The Morgan fingerprint density at radius 1 is 1.26 bits per heavy atom. The fourth-order valence-electron chi connectivity index (χ4n) is 1.77. The molecular weight excluding hydrogens is 240 g/mol. The predicted octanol–water partition coefficient (Wildman–Crippen LogP) is 2.30. The first-order valence-corrected chi connectivity index (χ1v) is 6.27. The van der Waals surface area contributed by atoms with Crippen molar-refractivity contribution >= 4 is 16.7 Å². The van der Waals surface area contributed by atoms with Gasteiger partial charge in [0.1, 0.15) is 5.69 Å². The van der Waals surface area contributed by atoms with Crippen molar-refractivity contribution < 1.29 is 4.79 Å². The molecule has 0 aliphatic rings. The highest BCUT2D eigenvalue weighted by molar-refractivity contribution is 5.96. The van der Waals surface area contributed by atoms with Crippen LogP contribution in [0.1, 0.15) is 31.3 Å². The van der Waals surface area contributed by atoms with Gasteiger partial charge in [-0.05, 0) is 22.9 Å². The van der Waals surface area contributed by atoms with E-state index in [2.05, 4.69) is 10.3 Å². The quantitative estimate of drug-likeness (QED) is 0.868. The van der Waals surface area contributed by atoms with Gasteiger partial charge < -0.3 is 10.3 Å². The lowest BCUT2D eigenvalue weighted by Crippen LogP contribution is -2.33. The van der Waals surface area contributed by atoms with Crippen molar-refractivity contribution in [3.63, 3.8) is 0 Å². The van der Waals surface area contributed by atoms with E-state index in [1.807, 2.05) is 32.9 Å². The molecule has 0 aliphatic heterocycles. The lowest BCUT2D eigenvalue weighted by molar-refractivity contribution is 0.0934. The molecule has 1 heterocycles. The van der Waals surface area contributed by atoms with Crippen LogP contribution in [-0.2, 0) is 0 Å². The average Bonchev–Trinajstić information content (AvgIpc) is 2.35. The average molecular weight is 258 g/mol. The molecule has 2 N–H and O–H groups in total. The lowest BCUT2D eigenvalue weighted by Gasteiger charge is -2.18. The molecule has 4 nitrogen and oxygen atoms in total. The van der Waals surface area contributed by atoms with Gasteiger partial charge in [-0.2, -0.15) is 0 Å². The zero-order valence-electron chi connectivity index (χ0n) is 11.4. The molecule has 1 aromatic carbocycles. The number of pyridine rings is 1. The Kier molecular flexibility index (Phi) is 3.42. The van der Waals surface area contributed by atoms with Gasteiger partial charge in [-0.3, -0.25) is 9.59 Å². The SMILES string of the molecule is CC(C)(C)CNC(=O)c1cc2ccccc2c(=O)[nH]1. The standard InChI is InChI=1S/C15H18N2O2/c1-15(2,3)9-16-14(19)12-8-10-6-4-5-7-11(10)13(18)17-12/h4-8H,9H2,1-3H3,(H,16,19)(H,17,18). The maximum Gasteiger partial charge on any atom is 0.267 e. The number of H-pyrrole nitrogens is 1. The van der Waals surface area contributed by atoms with Gasteiger partial charge in [-0.25, -0.2) is 0 Å². The Balaban J connectivity index is 2.31. The molecule has 0 saturated heterocycles. The summed E-state index contributed by atoms with van der Waals surface area (Å²) in [5.74, 6) is -0.252. The minimum Gasteiger partial charge on any atom is -0.350 e. The zero-order valence-corrected chi connectivity index (χ0v) is 11.4. The highest BCUT2D eigenvalue weighted by Gasteiger charge is 2.14. The van der Waals surface area contributed by atoms with Gasteiger partial charge in [0.25, 0.3) is 11.5 Å². The third kappa shape index (κ3) is 3.22. The summed E-state index contributed by atoms with van der Waals surface area (Å²) in [6.45, 7) is 6.67. The number of hydrogen-bond donors (Lipinski definition) is 2. The van der Waals surface area contributed by atoms with Crippen LogP contribution in [-0.4, -0.2) is 17.4 Å². The number of hydrogen-bond acceptors (Lipinski definition) is 2. The molecule has 0 saturated carbocycles. The van der Waals surface area contributed by atoms with Crippen LogP contribution in [0.4, 0.5) is 0 Å². The number of aromatic nitrogens is 1. The van der Waals surface area contributed by atoms with E-state index in [-0.39, 0.29) is 16.9 Å². The summed E-state index contributed by atoms with van der Waals surface area (Å²) in [7, 11) is 0. The molecular formula is C15H18N2O2. The molecule has 0 fully saturated rings. The number of benzene rings is 1. The number of carbonyl (C=O) groups is 1. The Morgan fingerprint density at radius 2 is 1.95 bits per heavy atom. The molecule has 4 heteroatoms. The monoisotopic (exact) mass is 258 g/mol. The van der Waals surface area contributed by atoms with Crippen LogP contribution in [0.5, 0.6) is 0 Å². The van der Waals surface area contributed by atoms with Crippen molar-refractivity contribution in [3.05, 3.63) is 46.4 Å². The molecule has 19 heavy (non-hydrogen) atoms. The highest BCUT2D eigenvalue weighted by atomic mass is 16.2. The number of amides is 1. The summed E-state index contributed by atoms with van der Waals surface area (Å²) in [4.78, 5) is 26.5. The van der Waals surface area contributed by atoms with Crippen molar-refractivity contribution in [1.29, 1.82) is 0 Å². The largest absolute Gasteiger partial charge is 0.350 e. The van der Waals surface area contributed by atoms with Crippen LogP contribution in [0.3, 0.4) is 0 Å². The highest BCUT2D eigenvalue weighted by Crippen LogP contribution is 2.12.